The molecule has 0 aliphatic carbocycles. The number of nitrogens with zero attached hydrogens (tertiary/aromatic N) is 2. The number of benzene rings is 1. The summed E-state index contributed by atoms with van der Waals surface area (Å²) in [7, 11) is 0. The Morgan fingerprint density at radius 2 is 1.90 bits per heavy atom. The Morgan fingerprint density at radius 1 is 1.20 bits per heavy atom. The molecule has 104 valence electrons. The maximum Gasteiger partial charge on any atom is 0.256 e. The normalized spacial score (nSPS) is 10.6. The molecule has 4 heteroatoms. The van der Waals surface area contributed by atoms with Crippen LogP contribution in [0.5, 0.6) is 0 Å². The maximum atomic E-state index is 12.6. The largest absolute Gasteiger partial charge is 0.398 e. The quantitative estimate of drug-likeness (QED) is 0.868. The van der Waals surface area contributed by atoms with Gasteiger partial charge in [-0.3, -0.25) is 9.78 Å². The van der Waals surface area contributed by atoms with E-state index in [1.54, 1.807) is 23.2 Å². The molecule has 0 aliphatic rings. The Kier molecular flexibility index (Phi) is 4.35. The van der Waals surface area contributed by atoms with Crippen LogP contribution in [-0.4, -0.2) is 21.8 Å². The van der Waals surface area contributed by atoms with E-state index >= 15 is 0 Å². The predicted molar refractivity (Wildman–Crippen MR) is 80.1 cm³/mol. The van der Waals surface area contributed by atoms with Gasteiger partial charge in [-0.15, -0.1) is 0 Å². The molecule has 0 saturated carbocycles. The third-order valence-corrected chi connectivity index (χ3v) is 3.13. The zero-order valence-corrected chi connectivity index (χ0v) is 11.8. The van der Waals surface area contributed by atoms with Gasteiger partial charge in [0.25, 0.3) is 5.91 Å². The topological polar surface area (TPSA) is 59.2 Å². The molecular weight excluding hydrogens is 250 g/mol. The van der Waals surface area contributed by atoms with E-state index in [1.807, 2.05) is 44.2 Å². The molecule has 0 spiro atoms. The molecule has 0 atom stereocenters. The van der Waals surface area contributed by atoms with Gasteiger partial charge in [-0.2, -0.15) is 0 Å². The highest BCUT2D eigenvalue weighted by atomic mass is 16.2. The molecule has 1 aromatic heterocycles. The Hall–Kier alpha value is -2.36. The monoisotopic (exact) mass is 269 g/mol. The number of para-hydroxylation sites is 1. The van der Waals surface area contributed by atoms with Crippen LogP contribution in [0.4, 0.5) is 5.69 Å². The minimum atomic E-state index is -0.0660. The lowest BCUT2D eigenvalue weighted by Gasteiger charge is -2.27. The summed E-state index contributed by atoms with van der Waals surface area (Å²) in [6.07, 6.45) is 1.73. The van der Waals surface area contributed by atoms with Crippen LogP contribution < -0.4 is 5.73 Å². The minimum Gasteiger partial charge on any atom is -0.398 e. The fraction of sp³-hybridized carbons (Fsp3) is 0.250. The van der Waals surface area contributed by atoms with Crippen LogP contribution >= 0.6 is 0 Å². The molecule has 0 saturated heterocycles. The van der Waals surface area contributed by atoms with Crippen molar-refractivity contribution in [3.8, 4) is 0 Å². The molecule has 0 bridgehead atoms. The Morgan fingerprint density at radius 3 is 2.50 bits per heavy atom. The number of aromatic nitrogens is 1. The van der Waals surface area contributed by atoms with Crippen LogP contribution in [-0.2, 0) is 6.54 Å². The summed E-state index contributed by atoms with van der Waals surface area (Å²) in [4.78, 5) is 18.7. The van der Waals surface area contributed by atoms with Crippen molar-refractivity contribution in [3.05, 3.63) is 59.9 Å². The van der Waals surface area contributed by atoms with Crippen LogP contribution in [0.25, 0.3) is 0 Å². The number of nitrogen functional groups attached to an aromatic ring is 1. The summed E-state index contributed by atoms with van der Waals surface area (Å²) < 4.78 is 0. The number of pyridine rings is 1. The molecule has 1 heterocycles. The van der Waals surface area contributed by atoms with Crippen molar-refractivity contribution in [1.82, 2.24) is 9.88 Å². The van der Waals surface area contributed by atoms with Gasteiger partial charge in [0.2, 0.25) is 0 Å². The molecule has 0 aliphatic heterocycles. The number of hydrogen-bond acceptors (Lipinski definition) is 3. The van der Waals surface area contributed by atoms with Crippen LogP contribution in [0.3, 0.4) is 0 Å². The van der Waals surface area contributed by atoms with Gasteiger partial charge in [-0.25, -0.2) is 0 Å². The van der Waals surface area contributed by atoms with Crippen molar-refractivity contribution < 1.29 is 4.79 Å². The first-order valence-electron chi connectivity index (χ1n) is 6.65. The molecule has 0 radical (unpaired) electrons. The highest BCUT2D eigenvalue weighted by Gasteiger charge is 2.20. The second-order valence-corrected chi connectivity index (χ2v) is 4.94. The Balaban J connectivity index is 2.25. The van der Waals surface area contributed by atoms with Gasteiger partial charge in [0.15, 0.2) is 0 Å². The molecule has 2 aromatic rings. The standard InChI is InChI=1S/C16H19N3O/c1-12(2)19(11-13-7-5-6-10-18-13)16(20)14-8-3-4-9-15(14)17/h3-10,12H,11,17H2,1-2H3. The summed E-state index contributed by atoms with van der Waals surface area (Å²) in [5, 5.41) is 0. The lowest BCUT2D eigenvalue weighted by molar-refractivity contribution is 0.0689. The molecule has 2 rings (SSSR count). The van der Waals surface area contributed by atoms with Gasteiger partial charge < -0.3 is 10.6 Å². The van der Waals surface area contributed by atoms with Crippen LogP contribution in [0, 0.1) is 0 Å². The Labute approximate surface area is 119 Å². The lowest BCUT2D eigenvalue weighted by Crippen LogP contribution is -2.37. The Bertz CT molecular complexity index is 581. The average molecular weight is 269 g/mol. The first kappa shape index (κ1) is 14.1. The zero-order chi connectivity index (χ0) is 14.5. The van der Waals surface area contributed by atoms with Crippen molar-refractivity contribution in [3.63, 3.8) is 0 Å². The number of amides is 1. The van der Waals surface area contributed by atoms with Crippen molar-refractivity contribution in [2.75, 3.05) is 5.73 Å². The highest BCUT2D eigenvalue weighted by Crippen LogP contribution is 2.17. The highest BCUT2D eigenvalue weighted by molar-refractivity contribution is 5.99. The van der Waals surface area contributed by atoms with Crippen LogP contribution in [0.2, 0.25) is 0 Å². The molecule has 1 amide bonds. The number of rotatable bonds is 4. The second kappa shape index (κ2) is 6.19. The summed E-state index contributed by atoms with van der Waals surface area (Å²) >= 11 is 0. The maximum absolute atomic E-state index is 12.6. The SMILES string of the molecule is CC(C)N(Cc1ccccn1)C(=O)c1ccccc1N. The van der Waals surface area contributed by atoms with Crippen molar-refractivity contribution in [1.29, 1.82) is 0 Å². The van der Waals surface area contributed by atoms with Crippen LogP contribution in [0.1, 0.15) is 29.9 Å². The smallest absolute Gasteiger partial charge is 0.256 e. The molecule has 20 heavy (non-hydrogen) atoms. The van der Waals surface area contributed by atoms with Gasteiger partial charge >= 0.3 is 0 Å². The number of nitrogens with two attached hydrogens (primary N) is 1. The molecular formula is C16H19N3O. The molecule has 4 nitrogen and oxygen atoms in total. The van der Waals surface area contributed by atoms with E-state index in [1.165, 1.54) is 0 Å². The van der Waals surface area contributed by atoms with E-state index in [4.69, 9.17) is 5.73 Å². The first-order valence-corrected chi connectivity index (χ1v) is 6.65. The third-order valence-electron chi connectivity index (χ3n) is 3.13. The lowest BCUT2D eigenvalue weighted by atomic mass is 10.1. The van der Waals surface area contributed by atoms with Gasteiger partial charge in [0.1, 0.15) is 0 Å². The van der Waals surface area contributed by atoms with Gasteiger partial charge in [0, 0.05) is 17.9 Å². The number of anilines is 1. The van der Waals surface area contributed by atoms with E-state index in [9.17, 15) is 4.79 Å². The zero-order valence-electron chi connectivity index (χ0n) is 11.8. The number of hydrogen-bond donors (Lipinski definition) is 1. The van der Waals surface area contributed by atoms with E-state index in [2.05, 4.69) is 4.98 Å². The summed E-state index contributed by atoms with van der Waals surface area (Å²) in [5.74, 6) is -0.0660. The van der Waals surface area contributed by atoms with E-state index in [-0.39, 0.29) is 11.9 Å². The van der Waals surface area contributed by atoms with E-state index in [0.29, 0.717) is 17.8 Å². The molecule has 1 aromatic carbocycles. The van der Waals surface area contributed by atoms with Crippen molar-refractivity contribution in [2.45, 2.75) is 26.4 Å². The summed E-state index contributed by atoms with van der Waals surface area (Å²) in [6, 6.07) is 12.9. The van der Waals surface area contributed by atoms with Gasteiger partial charge in [0.05, 0.1) is 17.8 Å². The summed E-state index contributed by atoms with van der Waals surface area (Å²) in [6.45, 7) is 4.45. The molecule has 0 unspecified atom stereocenters. The molecule has 0 fully saturated rings. The van der Waals surface area contributed by atoms with E-state index in [0.717, 1.165) is 5.69 Å². The van der Waals surface area contributed by atoms with Crippen LogP contribution in [0.15, 0.2) is 48.7 Å². The number of carbonyl (C=O) groups excluding carboxylic acids is 1. The summed E-state index contributed by atoms with van der Waals surface area (Å²) in [5.41, 5.74) is 7.80. The average Bonchev–Trinajstić information content (AvgIpc) is 2.45. The second-order valence-electron chi connectivity index (χ2n) is 4.94. The minimum absolute atomic E-state index is 0.0660. The van der Waals surface area contributed by atoms with Crippen molar-refractivity contribution >= 4 is 11.6 Å². The third kappa shape index (κ3) is 3.15. The molecule has 2 N–H and O–H groups in total. The fourth-order valence-corrected chi connectivity index (χ4v) is 2.00. The van der Waals surface area contributed by atoms with E-state index < -0.39 is 0 Å². The van der Waals surface area contributed by atoms with Gasteiger partial charge in [-0.05, 0) is 38.1 Å². The first-order chi connectivity index (χ1) is 9.59. The van der Waals surface area contributed by atoms with Crippen molar-refractivity contribution in [2.24, 2.45) is 0 Å². The van der Waals surface area contributed by atoms with Gasteiger partial charge in [-0.1, -0.05) is 18.2 Å². The fourth-order valence-electron chi connectivity index (χ4n) is 2.00. The predicted octanol–water partition coefficient (Wildman–Crippen LogP) is 2.71. The number of carbonyl (C=O) groups is 1.